The number of hydrogen-bond acceptors (Lipinski definition) is 4. The lowest BCUT2D eigenvalue weighted by atomic mass is 9.62. The SMILES string of the molecule is NCCC1(c2ccc([N+](=O)[O-])c(O)c2)CCC1. The van der Waals surface area contributed by atoms with Gasteiger partial charge in [-0.1, -0.05) is 12.5 Å². The Labute approximate surface area is 99.4 Å². The Morgan fingerprint density at radius 3 is 2.59 bits per heavy atom. The van der Waals surface area contributed by atoms with Crippen molar-refractivity contribution >= 4 is 5.69 Å². The lowest BCUT2D eigenvalue weighted by molar-refractivity contribution is -0.385. The number of rotatable bonds is 4. The number of phenolic OH excluding ortho intramolecular Hbond substituents is 1. The fourth-order valence-electron chi connectivity index (χ4n) is 2.57. The average Bonchev–Trinajstić information content (AvgIpc) is 2.22. The van der Waals surface area contributed by atoms with Crippen molar-refractivity contribution in [2.45, 2.75) is 31.1 Å². The number of phenols is 1. The van der Waals surface area contributed by atoms with Crippen molar-refractivity contribution in [3.63, 3.8) is 0 Å². The van der Waals surface area contributed by atoms with Crippen molar-refractivity contribution in [2.75, 3.05) is 6.54 Å². The molecule has 0 aliphatic heterocycles. The standard InChI is InChI=1S/C12H16N2O3/c13-7-6-12(4-1-5-12)9-2-3-10(14(16)17)11(15)8-9/h2-3,8,15H,1,4-7,13H2. The summed E-state index contributed by atoms with van der Waals surface area (Å²) >= 11 is 0. The van der Waals surface area contributed by atoms with Crippen LogP contribution in [0.3, 0.4) is 0 Å². The first-order valence-corrected chi connectivity index (χ1v) is 5.77. The third-order valence-corrected chi connectivity index (χ3v) is 3.72. The Kier molecular flexibility index (Phi) is 3.02. The van der Waals surface area contributed by atoms with Crippen molar-refractivity contribution < 1.29 is 10.0 Å². The second-order valence-corrected chi connectivity index (χ2v) is 4.63. The molecule has 2 rings (SSSR count). The van der Waals surface area contributed by atoms with Gasteiger partial charge in [0.1, 0.15) is 0 Å². The van der Waals surface area contributed by atoms with Crippen LogP contribution in [0.15, 0.2) is 18.2 Å². The fourth-order valence-corrected chi connectivity index (χ4v) is 2.57. The number of benzene rings is 1. The summed E-state index contributed by atoms with van der Waals surface area (Å²) in [6.07, 6.45) is 4.10. The van der Waals surface area contributed by atoms with Crippen LogP contribution in [0.2, 0.25) is 0 Å². The van der Waals surface area contributed by atoms with Crippen molar-refractivity contribution in [3.05, 3.63) is 33.9 Å². The third kappa shape index (κ3) is 1.98. The lowest BCUT2D eigenvalue weighted by Crippen LogP contribution is -2.36. The Morgan fingerprint density at radius 2 is 2.18 bits per heavy atom. The molecule has 1 aliphatic rings. The quantitative estimate of drug-likeness (QED) is 0.618. The molecular formula is C12H16N2O3. The Balaban J connectivity index is 2.33. The van der Waals surface area contributed by atoms with Gasteiger partial charge in [0, 0.05) is 6.07 Å². The number of nitro groups is 1. The van der Waals surface area contributed by atoms with Gasteiger partial charge in [-0.2, -0.15) is 0 Å². The van der Waals surface area contributed by atoms with Crippen LogP contribution >= 0.6 is 0 Å². The van der Waals surface area contributed by atoms with Gasteiger partial charge in [-0.25, -0.2) is 0 Å². The normalized spacial score (nSPS) is 17.5. The molecule has 0 radical (unpaired) electrons. The van der Waals surface area contributed by atoms with Crippen molar-refractivity contribution in [1.82, 2.24) is 0 Å². The highest BCUT2D eigenvalue weighted by molar-refractivity contribution is 5.49. The maximum Gasteiger partial charge on any atom is 0.310 e. The topological polar surface area (TPSA) is 89.4 Å². The predicted molar refractivity (Wildman–Crippen MR) is 64.0 cm³/mol. The first-order chi connectivity index (χ1) is 8.09. The molecule has 0 unspecified atom stereocenters. The Bertz CT molecular complexity index is 441. The molecule has 5 heteroatoms. The number of aromatic hydroxyl groups is 1. The largest absolute Gasteiger partial charge is 0.502 e. The summed E-state index contributed by atoms with van der Waals surface area (Å²) in [5.74, 6) is -0.254. The minimum atomic E-state index is -0.574. The van der Waals surface area contributed by atoms with E-state index in [0.29, 0.717) is 6.54 Å². The van der Waals surface area contributed by atoms with Crippen LogP contribution in [0.4, 0.5) is 5.69 Å². The molecule has 1 saturated carbocycles. The molecule has 1 aromatic rings. The number of hydrogen-bond donors (Lipinski definition) is 2. The number of nitrogens with two attached hydrogens (primary N) is 1. The zero-order chi connectivity index (χ0) is 12.5. The van der Waals surface area contributed by atoms with Crippen LogP contribution in [-0.2, 0) is 5.41 Å². The van der Waals surface area contributed by atoms with E-state index in [0.717, 1.165) is 31.2 Å². The van der Waals surface area contributed by atoms with E-state index < -0.39 is 4.92 Å². The molecule has 1 aliphatic carbocycles. The molecule has 17 heavy (non-hydrogen) atoms. The summed E-state index contributed by atoms with van der Waals surface area (Å²) in [7, 11) is 0. The van der Waals surface area contributed by atoms with Gasteiger partial charge in [-0.15, -0.1) is 0 Å². The van der Waals surface area contributed by atoms with E-state index >= 15 is 0 Å². The molecule has 0 saturated heterocycles. The number of nitrogens with zero attached hydrogens (tertiary/aromatic N) is 1. The molecule has 1 fully saturated rings. The Morgan fingerprint density at radius 1 is 1.47 bits per heavy atom. The lowest BCUT2D eigenvalue weighted by Gasteiger charge is -2.42. The zero-order valence-corrected chi connectivity index (χ0v) is 9.56. The van der Waals surface area contributed by atoms with Crippen LogP contribution in [0.1, 0.15) is 31.2 Å². The van der Waals surface area contributed by atoms with Gasteiger partial charge in [0.15, 0.2) is 5.75 Å². The zero-order valence-electron chi connectivity index (χ0n) is 9.56. The third-order valence-electron chi connectivity index (χ3n) is 3.72. The van der Waals surface area contributed by atoms with Crippen LogP contribution in [0, 0.1) is 10.1 Å². The van der Waals surface area contributed by atoms with Crippen LogP contribution < -0.4 is 5.73 Å². The summed E-state index contributed by atoms with van der Waals surface area (Å²) < 4.78 is 0. The highest BCUT2D eigenvalue weighted by atomic mass is 16.6. The molecule has 0 amide bonds. The first kappa shape index (κ1) is 11.9. The summed E-state index contributed by atoms with van der Waals surface area (Å²) in [4.78, 5) is 10.0. The highest BCUT2D eigenvalue weighted by Gasteiger charge is 2.38. The molecule has 92 valence electrons. The van der Waals surface area contributed by atoms with E-state index in [1.165, 1.54) is 12.1 Å². The van der Waals surface area contributed by atoms with E-state index in [4.69, 9.17) is 5.73 Å². The van der Waals surface area contributed by atoms with Crippen molar-refractivity contribution in [1.29, 1.82) is 0 Å². The van der Waals surface area contributed by atoms with Gasteiger partial charge >= 0.3 is 5.69 Å². The van der Waals surface area contributed by atoms with Gasteiger partial charge < -0.3 is 10.8 Å². The molecular weight excluding hydrogens is 220 g/mol. The van der Waals surface area contributed by atoms with Crippen LogP contribution in [-0.4, -0.2) is 16.6 Å². The first-order valence-electron chi connectivity index (χ1n) is 5.77. The van der Waals surface area contributed by atoms with Crippen molar-refractivity contribution in [2.24, 2.45) is 5.73 Å². The van der Waals surface area contributed by atoms with Gasteiger partial charge in [0.25, 0.3) is 0 Å². The van der Waals surface area contributed by atoms with E-state index in [1.54, 1.807) is 6.07 Å². The minimum Gasteiger partial charge on any atom is -0.502 e. The monoisotopic (exact) mass is 236 g/mol. The maximum absolute atomic E-state index is 10.6. The van der Waals surface area contributed by atoms with Crippen LogP contribution in [0.25, 0.3) is 0 Å². The summed E-state index contributed by atoms with van der Waals surface area (Å²) in [6.45, 7) is 0.595. The van der Waals surface area contributed by atoms with Gasteiger partial charge in [-0.3, -0.25) is 10.1 Å². The molecule has 1 aromatic carbocycles. The molecule has 0 heterocycles. The fraction of sp³-hybridized carbons (Fsp3) is 0.500. The molecule has 0 spiro atoms. The predicted octanol–water partition coefficient (Wildman–Crippen LogP) is 2.07. The molecule has 3 N–H and O–H groups in total. The average molecular weight is 236 g/mol. The molecule has 0 bridgehead atoms. The second kappa shape index (κ2) is 4.33. The summed E-state index contributed by atoms with van der Waals surface area (Å²) in [5, 5.41) is 20.3. The van der Waals surface area contributed by atoms with Gasteiger partial charge in [-0.05, 0) is 42.9 Å². The minimum absolute atomic E-state index is 0.0291. The van der Waals surface area contributed by atoms with Gasteiger partial charge in [0.05, 0.1) is 4.92 Å². The smallest absolute Gasteiger partial charge is 0.310 e. The molecule has 5 nitrogen and oxygen atoms in total. The van der Waals surface area contributed by atoms with Crippen LogP contribution in [0.5, 0.6) is 5.75 Å². The van der Waals surface area contributed by atoms with E-state index in [-0.39, 0.29) is 16.9 Å². The summed E-state index contributed by atoms with van der Waals surface area (Å²) in [6, 6.07) is 4.64. The van der Waals surface area contributed by atoms with E-state index in [2.05, 4.69) is 0 Å². The second-order valence-electron chi connectivity index (χ2n) is 4.63. The maximum atomic E-state index is 10.6. The van der Waals surface area contributed by atoms with Crippen molar-refractivity contribution in [3.8, 4) is 5.75 Å². The number of nitro benzene ring substituents is 1. The summed E-state index contributed by atoms with van der Waals surface area (Å²) in [5.41, 5.74) is 6.37. The Hall–Kier alpha value is -1.62. The van der Waals surface area contributed by atoms with E-state index in [1.807, 2.05) is 0 Å². The van der Waals surface area contributed by atoms with Gasteiger partial charge in [0.2, 0.25) is 0 Å². The molecule has 0 atom stereocenters. The highest BCUT2D eigenvalue weighted by Crippen LogP contribution is 2.47. The van der Waals surface area contributed by atoms with E-state index in [9.17, 15) is 15.2 Å². The molecule has 0 aromatic heterocycles.